The summed E-state index contributed by atoms with van der Waals surface area (Å²) in [6.07, 6.45) is 0.989. The first-order chi connectivity index (χ1) is 13.5. The SMILES string of the molecule is COc1ccccc1CCNC(=O)NC1CC(=O)N(c2ccc(C)c(C)c2)C1. The Morgan fingerprint density at radius 2 is 1.96 bits per heavy atom. The molecule has 1 aliphatic rings. The summed E-state index contributed by atoms with van der Waals surface area (Å²) in [6.45, 7) is 5.06. The quantitative estimate of drug-likeness (QED) is 0.808. The first kappa shape index (κ1) is 19.7. The number of para-hydroxylation sites is 1. The van der Waals surface area contributed by atoms with Crippen molar-refractivity contribution < 1.29 is 14.3 Å². The highest BCUT2D eigenvalue weighted by molar-refractivity contribution is 5.96. The second-order valence-corrected chi connectivity index (χ2v) is 7.14. The summed E-state index contributed by atoms with van der Waals surface area (Å²) in [5, 5.41) is 5.77. The van der Waals surface area contributed by atoms with Crippen LogP contribution >= 0.6 is 0 Å². The van der Waals surface area contributed by atoms with Gasteiger partial charge in [0.05, 0.1) is 13.2 Å². The van der Waals surface area contributed by atoms with Crippen LogP contribution < -0.4 is 20.3 Å². The maximum absolute atomic E-state index is 12.4. The maximum Gasteiger partial charge on any atom is 0.315 e. The molecule has 6 nitrogen and oxygen atoms in total. The zero-order valence-electron chi connectivity index (χ0n) is 16.6. The van der Waals surface area contributed by atoms with Crippen LogP contribution in [0.3, 0.4) is 0 Å². The predicted octanol–water partition coefficient (Wildman–Crippen LogP) is 2.96. The summed E-state index contributed by atoms with van der Waals surface area (Å²) in [5.74, 6) is 0.845. The number of carbonyl (C=O) groups is 2. The highest BCUT2D eigenvalue weighted by Crippen LogP contribution is 2.24. The Morgan fingerprint density at radius 3 is 2.71 bits per heavy atom. The van der Waals surface area contributed by atoms with Gasteiger partial charge in [0.25, 0.3) is 0 Å². The van der Waals surface area contributed by atoms with Crippen LogP contribution in [0.2, 0.25) is 0 Å². The van der Waals surface area contributed by atoms with E-state index in [4.69, 9.17) is 4.74 Å². The van der Waals surface area contributed by atoms with Gasteiger partial charge >= 0.3 is 6.03 Å². The van der Waals surface area contributed by atoms with E-state index in [1.165, 1.54) is 5.56 Å². The standard InChI is InChI=1S/C22H27N3O3/c1-15-8-9-19(12-16(15)2)25-14-18(13-21(25)26)24-22(27)23-11-10-17-6-4-5-7-20(17)28-3/h4-9,12,18H,10-11,13-14H2,1-3H3,(H2,23,24,27). The van der Waals surface area contributed by atoms with Crippen molar-refractivity contribution >= 4 is 17.6 Å². The van der Waals surface area contributed by atoms with E-state index in [2.05, 4.69) is 10.6 Å². The van der Waals surface area contributed by atoms with Crippen LogP contribution in [0.25, 0.3) is 0 Å². The molecule has 3 amide bonds. The van der Waals surface area contributed by atoms with Crippen LogP contribution in [0.5, 0.6) is 5.75 Å². The molecule has 3 rings (SSSR count). The van der Waals surface area contributed by atoms with Crippen LogP contribution in [0.15, 0.2) is 42.5 Å². The first-order valence-corrected chi connectivity index (χ1v) is 9.52. The van der Waals surface area contributed by atoms with E-state index in [0.29, 0.717) is 25.9 Å². The third kappa shape index (κ3) is 4.63. The molecule has 2 N–H and O–H groups in total. The first-order valence-electron chi connectivity index (χ1n) is 9.52. The third-order valence-corrected chi connectivity index (χ3v) is 5.13. The van der Waals surface area contributed by atoms with Gasteiger partial charge in [0.1, 0.15) is 5.75 Å². The van der Waals surface area contributed by atoms with E-state index in [1.807, 2.05) is 56.3 Å². The summed E-state index contributed by atoms with van der Waals surface area (Å²) < 4.78 is 5.32. The van der Waals surface area contributed by atoms with E-state index in [0.717, 1.165) is 22.6 Å². The van der Waals surface area contributed by atoms with E-state index in [-0.39, 0.29) is 18.0 Å². The number of aryl methyl sites for hydroxylation is 2. The molecule has 0 aliphatic carbocycles. The van der Waals surface area contributed by atoms with E-state index < -0.39 is 0 Å². The summed E-state index contributed by atoms with van der Waals surface area (Å²) in [5.41, 5.74) is 4.27. The summed E-state index contributed by atoms with van der Waals surface area (Å²) in [6, 6.07) is 13.3. The number of methoxy groups -OCH3 is 1. The Hall–Kier alpha value is -3.02. The van der Waals surface area contributed by atoms with Gasteiger partial charge in [-0.25, -0.2) is 4.79 Å². The normalized spacial score (nSPS) is 16.2. The molecule has 2 aromatic rings. The summed E-state index contributed by atoms with van der Waals surface area (Å²) >= 11 is 0. The molecule has 0 saturated carbocycles. The largest absolute Gasteiger partial charge is 0.496 e. The average molecular weight is 381 g/mol. The van der Waals surface area contributed by atoms with E-state index in [9.17, 15) is 9.59 Å². The smallest absolute Gasteiger partial charge is 0.315 e. The minimum absolute atomic E-state index is 0.0302. The van der Waals surface area contributed by atoms with Crippen molar-refractivity contribution in [2.45, 2.75) is 32.7 Å². The molecule has 1 fully saturated rings. The molecule has 28 heavy (non-hydrogen) atoms. The topological polar surface area (TPSA) is 70.7 Å². The van der Waals surface area contributed by atoms with E-state index in [1.54, 1.807) is 12.0 Å². The van der Waals surface area contributed by atoms with Crippen LogP contribution in [-0.2, 0) is 11.2 Å². The lowest BCUT2D eigenvalue weighted by Crippen LogP contribution is -2.44. The van der Waals surface area contributed by atoms with Gasteiger partial charge < -0.3 is 20.3 Å². The number of carbonyl (C=O) groups excluding carboxylic acids is 2. The second-order valence-electron chi connectivity index (χ2n) is 7.14. The van der Waals surface area contributed by atoms with Gasteiger partial charge in [-0.1, -0.05) is 24.3 Å². The fraction of sp³-hybridized carbons (Fsp3) is 0.364. The van der Waals surface area contributed by atoms with Crippen molar-refractivity contribution in [3.63, 3.8) is 0 Å². The van der Waals surface area contributed by atoms with Gasteiger partial charge in [0, 0.05) is 25.2 Å². The van der Waals surface area contributed by atoms with Crippen LogP contribution in [-0.4, -0.2) is 38.2 Å². The van der Waals surface area contributed by atoms with Crippen molar-refractivity contribution in [3.05, 3.63) is 59.2 Å². The van der Waals surface area contributed by atoms with Crippen molar-refractivity contribution in [2.75, 3.05) is 25.1 Å². The summed E-state index contributed by atoms with van der Waals surface area (Å²) in [4.78, 5) is 26.3. The Balaban J connectivity index is 1.49. The van der Waals surface area contributed by atoms with Crippen molar-refractivity contribution in [1.29, 1.82) is 0 Å². The molecule has 1 aliphatic heterocycles. The number of ether oxygens (including phenoxy) is 1. The van der Waals surface area contributed by atoms with Gasteiger partial charge in [0.2, 0.25) is 5.91 Å². The number of nitrogens with zero attached hydrogens (tertiary/aromatic N) is 1. The molecule has 0 radical (unpaired) electrons. The van der Waals surface area contributed by atoms with Crippen LogP contribution in [0.4, 0.5) is 10.5 Å². The van der Waals surface area contributed by atoms with Gasteiger partial charge in [-0.3, -0.25) is 4.79 Å². The molecule has 2 aromatic carbocycles. The number of anilines is 1. The lowest BCUT2D eigenvalue weighted by Gasteiger charge is -2.18. The molecular formula is C22H27N3O3. The molecule has 1 saturated heterocycles. The minimum atomic E-state index is -0.255. The summed E-state index contributed by atoms with van der Waals surface area (Å²) in [7, 11) is 1.64. The second kappa shape index (κ2) is 8.78. The number of hydrogen-bond acceptors (Lipinski definition) is 3. The number of amides is 3. The Bertz CT molecular complexity index is 866. The molecule has 0 aromatic heterocycles. The number of hydrogen-bond donors (Lipinski definition) is 2. The van der Waals surface area contributed by atoms with Crippen molar-refractivity contribution in [3.8, 4) is 5.75 Å². The number of benzene rings is 2. The average Bonchev–Trinajstić information content (AvgIpc) is 3.04. The molecule has 1 heterocycles. The molecule has 1 atom stereocenters. The highest BCUT2D eigenvalue weighted by atomic mass is 16.5. The van der Waals surface area contributed by atoms with Gasteiger partial charge in [-0.15, -0.1) is 0 Å². The lowest BCUT2D eigenvalue weighted by molar-refractivity contribution is -0.117. The molecule has 0 bridgehead atoms. The Kier molecular flexibility index (Phi) is 6.19. The van der Waals surface area contributed by atoms with Crippen LogP contribution in [0, 0.1) is 13.8 Å². The molecule has 1 unspecified atom stereocenters. The fourth-order valence-corrected chi connectivity index (χ4v) is 3.40. The minimum Gasteiger partial charge on any atom is -0.496 e. The molecule has 6 heteroatoms. The number of nitrogens with one attached hydrogen (secondary N) is 2. The maximum atomic E-state index is 12.4. The Labute approximate surface area is 165 Å². The predicted molar refractivity (Wildman–Crippen MR) is 110 cm³/mol. The van der Waals surface area contributed by atoms with Crippen molar-refractivity contribution in [2.24, 2.45) is 0 Å². The molecule has 148 valence electrons. The number of urea groups is 1. The Morgan fingerprint density at radius 1 is 1.18 bits per heavy atom. The monoisotopic (exact) mass is 381 g/mol. The molecular weight excluding hydrogens is 354 g/mol. The van der Waals surface area contributed by atoms with Gasteiger partial charge in [-0.2, -0.15) is 0 Å². The lowest BCUT2D eigenvalue weighted by atomic mass is 10.1. The molecule has 0 spiro atoms. The fourth-order valence-electron chi connectivity index (χ4n) is 3.40. The van der Waals surface area contributed by atoms with Gasteiger partial charge in [-0.05, 0) is 55.2 Å². The van der Waals surface area contributed by atoms with Crippen molar-refractivity contribution in [1.82, 2.24) is 10.6 Å². The third-order valence-electron chi connectivity index (χ3n) is 5.13. The van der Waals surface area contributed by atoms with Crippen LogP contribution in [0.1, 0.15) is 23.1 Å². The zero-order chi connectivity index (χ0) is 20.1. The van der Waals surface area contributed by atoms with E-state index >= 15 is 0 Å². The zero-order valence-corrected chi connectivity index (χ0v) is 16.6. The number of rotatable bonds is 6. The van der Waals surface area contributed by atoms with Gasteiger partial charge in [0.15, 0.2) is 0 Å². The highest BCUT2D eigenvalue weighted by Gasteiger charge is 2.31.